The first-order valence-electron chi connectivity index (χ1n) is 15.2. The second-order valence-electron chi connectivity index (χ2n) is 10.4. The van der Waals surface area contributed by atoms with Gasteiger partial charge in [0.2, 0.25) is 0 Å². The van der Waals surface area contributed by atoms with Crippen molar-refractivity contribution in [3.8, 4) is 22.5 Å². The molecular formula is C42H32N2O4Ti+2. The molecule has 6 nitrogen and oxygen atoms in total. The number of carbonyl (C=O) groups is 2. The molecule has 2 saturated carbocycles. The Morgan fingerprint density at radius 1 is 0.408 bits per heavy atom. The van der Waals surface area contributed by atoms with Gasteiger partial charge in [-0.15, -0.1) is 0 Å². The first-order valence-corrected chi connectivity index (χ1v) is 15.2. The molecule has 49 heavy (non-hydrogen) atoms. The molecule has 4 aromatic carbocycles. The molecule has 0 saturated heterocycles. The van der Waals surface area contributed by atoms with E-state index < -0.39 is 11.9 Å². The van der Waals surface area contributed by atoms with E-state index in [9.17, 15) is 19.8 Å². The molecule has 0 atom stereocenters. The number of carboxylic acids is 2. The van der Waals surface area contributed by atoms with Gasteiger partial charge in [-0.05, 0) is 88.5 Å². The maximum absolute atomic E-state index is 11.4. The van der Waals surface area contributed by atoms with Crippen molar-refractivity contribution in [1.29, 1.82) is 0 Å². The van der Waals surface area contributed by atoms with Crippen LogP contribution in [0.4, 0.5) is 0 Å². The molecule has 2 aliphatic carbocycles. The van der Waals surface area contributed by atoms with Crippen molar-refractivity contribution in [2.75, 3.05) is 0 Å². The number of rotatable bonds is 4. The minimum Gasteiger partial charge on any atom is -0.478 e. The van der Waals surface area contributed by atoms with Crippen LogP contribution in [0.15, 0.2) is 121 Å². The van der Waals surface area contributed by atoms with Gasteiger partial charge < -0.3 is 10.2 Å². The summed E-state index contributed by atoms with van der Waals surface area (Å²) in [5.41, 5.74) is 5.14. The van der Waals surface area contributed by atoms with Crippen LogP contribution in [0.5, 0.6) is 0 Å². The maximum Gasteiger partial charge on any atom is 2.00 e. The number of para-hydroxylation sites is 2. The first kappa shape index (κ1) is 37.2. The number of aromatic nitrogens is 2. The van der Waals surface area contributed by atoms with E-state index in [0.29, 0.717) is 33.2 Å². The van der Waals surface area contributed by atoms with Crippen molar-refractivity contribution >= 4 is 33.7 Å². The zero-order chi connectivity index (χ0) is 33.6. The van der Waals surface area contributed by atoms with Crippen LogP contribution in [0.2, 0.25) is 0 Å². The summed E-state index contributed by atoms with van der Waals surface area (Å²) in [6.07, 6.45) is 20.0. The predicted octanol–water partition coefficient (Wildman–Crippen LogP) is 9.24. The van der Waals surface area contributed by atoms with Crippen LogP contribution in [0.3, 0.4) is 0 Å². The summed E-state index contributed by atoms with van der Waals surface area (Å²) >= 11 is 0. The number of hydrogen-bond donors (Lipinski definition) is 2. The van der Waals surface area contributed by atoms with Crippen LogP contribution in [0.1, 0.15) is 20.7 Å². The number of hydrogen-bond acceptors (Lipinski definition) is 4. The Morgan fingerprint density at radius 2 is 0.694 bits per heavy atom. The van der Waals surface area contributed by atoms with Crippen molar-refractivity contribution < 1.29 is 41.5 Å². The van der Waals surface area contributed by atoms with Gasteiger partial charge in [-0.2, -0.15) is 0 Å². The third-order valence-corrected chi connectivity index (χ3v) is 7.14. The second kappa shape index (κ2) is 19.4. The van der Waals surface area contributed by atoms with Gasteiger partial charge >= 0.3 is 33.7 Å². The molecular weight excluding hydrogens is 644 g/mol. The van der Waals surface area contributed by atoms with E-state index >= 15 is 0 Å². The molecule has 6 aromatic rings. The van der Waals surface area contributed by atoms with Gasteiger partial charge in [-0.1, -0.05) is 97.1 Å². The average molecular weight is 677 g/mol. The van der Waals surface area contributed by atoms with Gasteiger partial charge in [0, 0.05) is 21.9 Å². The quantitative estimate of drug-likeness (QED) is 0.181. The second-order valence-corrected chi connectivity index (χ2v) is 10.4. The van der Waals surface area contributed by atoms with E-state index in [4.69, 9.17) is 0 Å². The number of carboxylic acid groups (broad SMARTS) is 2. The van der Waals surface area contributed by atoms with Gasteiger partial charge in [0.05, 0.1) is 33.5 Å². The zero-order valence-corrected chi connectivity index (χ0v) is 28.0. The minimum atomic E-state index is -0.934. The molecule has 2 aliphatic rings. The number of fused-ring (bicyclic) bond motifs is 2. The van der Waals surface area contributed by atoms with Gasteiger partial charge in [-0.3, -0.25) is 0 Å². The predicted molar refractivity (Wildman–Crippen MR) is 191 cm³/mol. The van der Waals surface area contributed by atoms with Crippen molar-refractivity contribution in [3.63, 3.8) is 0 Å². The molecule has 236 valence electrons. The van der Waals surface area contributed by atoms with Gasteiger partial charge in [0.1, 0.15) is 0 Å². The zero-order valence-electron chi connectivity index (χ0n) is 26.4. The molecule has 0 spiro atoms. The van der Waals surface area contributed by atoms with Crippen LogP contribution in [0.25, 0.3) is 44.3 Å². The number of aromatic carboxylic acids is 2. The smallest absolute Gasteiger partial charge is 0.478 e. The third kappa shape index (κ3) is 10.7. The largest absolute Gasteiger partial charge is 2.00 e. The fourth-order valence-corrected chi connectivity index (χ4v) is 4.86. The van der Waals surface area contributed by atoms with Crippen LogP contribution in [-0.2, 0) is 21.7 Å². The normalized spacial score (nSPS) is 13.1. The van der Waals surface area contributed by atoms with Gasteiger partial charge in [0.25, 0.3) is 0 Å². The van der Waals surface area contributed by atoms with E-state index in [0.717, 1.165) is 11.1 Å². The van der Waals surface area contributed by atoms with E-state index in [-0.39, 0.29) is 32.8 Å². The van der Waals surface area contributed by atoms with Crippen molar-refractivity contribution in [1.82, 2.24) is 9.97 Å². The Balaban J connectivity index is 0.000000169. The third-order valence-electron chi connectivity index (χ3n) is 7.14. The van der Waals surface area contributed by atoms with Crippen LogP contribution in [-0.4, -0.2) is 32.1 Å². The summed E-state index contributed by atoms with van der Waals surface area (Å²) in [6.45, 7) is 0. The summed E-state index contributed by atoms with van der Waals surface area (Å²) in [5, 5.41) is 20.0. The van der Waals surface area contributed by atoms with E-state index in [2.05, 4.69) is 9.97 Å². The molecule has 8 rings (SSSR count). The van der Waals surface area contributed by atoms with Crippen LogP contribution >= 0.6 is 0 Å². The Bertz CT molecular complexity index is 1780. The Kier molecular flexibility index (Phi) is 14.7. The SMILES string of the molecule is O=C(O)c1cc(-c2ccccc2)nc2ccccc12.O=C(O)c1cc(-c2ccccc2)nc2ccccc12.[CH]1[CH][CH][CH][CH]1.[CH]1[CH][CH][CH][CH]1.[Ti+2]. The summed E-state index contributed by atoms with van der Waals surface area (Å²) in [7, 11) is 0. The van der Waals surface area contributed by atoms with Crippen LogP contribution < -0.4 is 0 Å². The molecule has 0 aliphatic heterocycles. The van der Waals surface area contributed by atoms with Gasteiger partial charge in [-0.25, -0.2) is 19.6 Å². The molecule has 2 heterocycles. The van der Waals surface area contributed by atoms with E-state index in [1.807, 2.05) is 161 Å². The molecule has 10 radical (unpaired) electrons. The average Bonchev–Trinajstić information content (AvgIpc) is 3.92. The molecule has 0 bridgehead atoms. The molecule has 2 N–H and O–H groups in total. The molecule has 0 unspecified atom stereocenters. The van der Waals surface area contributed by atoms with E-state index in [1.165, 1.54) is 0 Å². The molecule has 0 amide bonds. The topological polar surface area (TPSA) is 100 Å². The standard InChI is InChI=1S/2C16H11NO2.2C5H5.Ti/c2*18-16(19)13-10-15(11-6-2-1-3-7-11)17-14-9-5-4-8-12(13)14;2*1-2-4-5-3-1;/h2*1-10H,(H,18,19);2*1-5H;/q;;;;+2. The molecule has 2 fully saturated rings. The summed E-state index contributed by atoms with van der Waals surface area (Å²) in [4.78, 5) is 31.8. The first-order chi connectivity index (χ1) is 23.5. The minimum absolute atomic E-state index is 0. The maximum atomic E-state index is 11.4. The fraction of sp³-hybridized carbons (Fsp3) is 0. The Labute approximate surface area is 303 Å². The summed E-state index contributed by atoms with van der Waals surface area (Å²) < 4.78 is 0. The summed E-state index contributed by atoms with van der Waals surface area (Å²) in [6, 6.07) is 37.0. The van der Waals surface area contributed by atoms with Crippen molar-refractivity contribution in [2.24, 2.45) is 0 Å². The van der Waals surface area contributed by atoms with Crippen molar-refractivity contribution in [3.05, 3.63) is 197 Å². The molecule has 2 aromatic heterocycles. The fourth-order valence-electron chi connectivity index (χ4n) is 4.86. The monoisotopic (exact) mass is 676 g/mol. The number of benzene rings is 4. The number of pyridine rings is 2. The number of nitrogens with zero attached hydrogens (tertiary/aromatic N) is 2. The van der Waals surface area contributed by atoms with Crippen LogP contribution in [0, 0.1) is 64.2 Å². The van der Waals surface area contributed by atoms with Gasteiger partial charge in [0.15, 0.2) is 0 Å². The molecule has 7 heteroatoms. The van der Waals surface area contributed by atoms with Crippen molar-refractivity contribution in [2.45, 2.75) is 0 Å². The van der Waals surface area contributed by atoms with E-state index in [1.54, 1.807) is 24.3 Å². The summed E-state index contributed by atoms with van der Waals surface area (Å²) in [5.74, 6) is -1.87. The Hall–Kier alpha value is -4.65. The Morgan fingerprint density at radius 3 is 1.00 bits per heavy atom.